The monoisotopic (exact) mass is 368 g/mol. The lowest BCUT2D eigenvalue weighted by Gasteiger charge is -2.14. The summed E-state index contributed by atoms with van der Waals surface area (Å²) < 4.78 is 10.7. The van der Waals surface area contributed by atoms with Gasteiger partial charge in [-0.25, -0.2) is 4.98 Å². The van der Waals surface area contributed by atoms with Crippen LogP contribution in [-0.4, -0.2) is 25.2 Å². The van der Waals surface area contributed by atoms with Gasteiger partial charge < -0.3 is 20.1 Å². The molecule has 2 aromatic carbocycles. The van der Waals surface area contributed by atoms with Crippen molar-refractivity contribution in [1.82, 2.24) is 10.3 Å². The van der Waals surface area contributed by atoms with Gasteiger partial charge in [0.1, 0.15) is 11.5 Å². The molecule has 7 heteroatoms. The van der Waals surface area contributed by atoms with Crippen LogP contribution in [0.5, 0.6) is 11.5 Å². The molecular weight excluding hydrogens is 348 g/mol. The third-order valence-corrected chi connectivity index (χ3v) is 4.73. The van der Waals surface area contributed by atoms with Gasteiger partial charge in [0.05, 0.1) is 31.2 Å². The summed E-state index contributed by atoms with van der Waals surface area (Å²) in [5.41, 5.74) is 1.96. The van der Waals surface area contributed by atoms with E-state index in [2.05, 4.69) is 15.6 Å². The second-order valence-electron chi connectivity index (χ2n) is 5.39. The summed E-state index contributed by atoms with van der Waals surface area (Å²) in [6.07, 6.45) is 1.80. The van der Waals surface area contributed by atoms with E-state index >= 15 is 0 Å². The molecule has 0 spiro atoms. The average molecular weight is 368 g/mol. The van der Waals surface area contributed by atoms with Gasteiger partial charge in [-0.15, -0.1) is 0 Å². The Morgan fingerprint density at radius 1 is 1.04 bits per heavy atom. The molecule has 3 rings (SSSR count). The molecule has 0 amide bonds. The fraction of sp³-hybridized carbons (Fsp3) is 0.158. The minimum atomic E-state index is 0.159. The molecule has 0 aliphatic carbocycles. The number of methoxy groups -OCH3 is 2. The summed E-state index contributed by atoms with van der Waals surface area (Å²) in [4.78, 5) is 5.38. The number of hydrogen-bond donors (Lipinski definition) is 3. The van der Waals surface area contributed by atoms with Crippen LogP contribution in [0, 0.1) is 5.41 Å². The number of rotatable bonds is 6. The average Bonchev–Trinajstić information content (AvgIpc) is 3.15. The van der Waals surface area contributed by atoms with Crippen molar-refractivity contribution in [1.29, 1.82) is 5.41 Å². The zero-order valence-corrected chi connectivity index (χ0v) is 15.4. The number of thiazole rings is 1. The van der Waals surface area contributed by atoms with Crippen molar-refractivity contribution in [3.05, 3.63) is 60.3 Å². The Hall–Kier alpha value is -3.06. The van der Waals surface area contributed by atoms with Gasteiger partial charge in [0.15, 0.2) is 11.1 Å². The molecular formula is C19H20N4O2S. The lowest BCUT2D eigenvalue weighted by Crippen LogP contribution is -2.29. The molecule has 1 aromatic heterocycles. The fourth-order valence-corrected chi connectivity index (χ4v) is 3.32. The molecule has 3 N–H and O–H groups in total. The van der Waals surface area contributed by atoms with E-state index in [1.165, 1.54) is 11.3 Å². The predicted octanol–water partition coefficient (Wildman–Crippen LogP) is 3.96. The Morgan fingerprint density at radius 2 is 1.73 bits per heavy atom. The van der Waals surface area contributed by atoms with Crippen LogP contribution < -0.4 is 20.1 Å². The maximum Gasteiger partial charge on any atom is 0.195 e. The highest BCUT2D eigenvalue weighted by Gasteiger charge is 2.11. The highest BCUT2D eigenvalue weighted by atomic mass is 32.1. The largest absolute Gasteiger partial charge is 0.496 e. The number of guanidine groups is 1. The van der Waals surface area contributed by atoms with Gasteiger partial charge in [-0.1, -0.05) is 47.7 Å². The normalized spacial score (nSPS) is 10.2. The second-order valence-corrected chi connectivity index (χ2v) is 6.42. The molecule has 0 saturated carbocycles. The Morgan fingerprint density at radius 3 is 2.38 bits per heavy atom. The highest BCUT2D eigenvalue weighted by molar-refractivity contribution is 7.19. The molecule has 3 aromatic rings. The maximum atomic E-state index is 8.11. The molecule has 1 heterocycles. The number of aromatic nitrogens is 1. The molecule has 0 bridgehead atoms. The van der Waals surface area contributed by atoms with E-state index in [0.717, 1.165) is 16.0 Å². The molecule has 0 fully saturated rings. The van der Waals surface area contributed by atoms with Crippen molar-refractivity contribution < 1.29 is 9.47 Å². The van der Waals surface area contributed by atoms with Crippen molar-refractivity contribution >= 4 is 22.4 Å². The highest BCUT2D eigenvalue weighted by Crippen LogP contribution is 2.29. The Kier molecular flexibility index (Phi) is 5.70. The van der Waals surface area contributed by atoms with Gasteiger partial charge in [-0.3, -0.25) is 5.41 Å². The second kappa shape index (κ2) is 8.35. The molecule has 0 aliphatic heterocycles. The van der Waals surface area contributed by atoms with Crippen LogP contribution in [0.1, 0.15) is 5.56 Å². The lowest BCUT2D eigenvalue weighted by atomic mass is 10.1. The molecule has 0 saturated heterocycles. The fourth-order valence-electron chi connectivity index (χ4n) is 2.50. The molecule has 6 nitrogen and oxygen atoms in total. The Bertz CT molecular complexity index is 858. The summed E-state index contributed by atoms with van der Waals surface area (Å²) in [7, 11) is 3.23. The van der Waals surface area contributed by atoms with Crippen LogP contribution in [0.2, 0.25) is 0 Å². The van der Waals surface area contributed by atoms with E-state index in [0.29, 0.717) is 23.2 Å². The van der Waals surface area contributed by atoms with Crippen molar-refractivity contribution in [3.8, 4) is 21.9 Å². The zero-order chi connectivity index (χ0) is 18.4. The van der Waals surface area contributed by atoms with Gasteiger partial charge in [0.25, 0.3) is 0 Å². The van der Waals surface area contributed by atoms with E-state index in [-0.39, 0.29) is 5.96 Å². The molecule has 0 aliphatic rings. The van der Waals surface area contributed by atoms with Gasteiger partial charge in [0.2, 0.25) is 0 Å². The van der Waals surface area contributed by atoms with Crippen LogP contribution in [0.15, 0.2) is 54.7 Å². The van der Waals surface area contributed by atoms with Gasteiger partial charge in [-0.05, 0) is 17.7 Å². The van der Waals surface area contributed by atoms with Crippen LogP contribution in [0.25, 0.3) is 10.4 Å². The van der Waals surface area contributed by atoms with E-state index in [4.69, 9.17) is 14.9 Å². The van der Waals surface area contributed by atoms with Crippen LogP contribution in [0.3, 0.4) is 0 Å². The van der Waals surface area contributed by atoms with E-state index in [1.807, 2.05) is 48.5 Å². The zero-order valence-electron chi connectivity index (χ0n) is 14.6. The molecule has 26 heavy (non-hydrogen) atoms. The van der Waals surface area contributed by atoms with Gasteiger partial charge in [0, 0.05) is 6.20 Å². The van der Waals surface area contributed by atoms with E-state index in [9.17, 15) is 0 Å². The predicted molar refractivity (Wildman–Crippen MR) is 105 cm³/mol. The first-order valence-corrected chi connectivity index (χ1v) is 8.83. The van der Waals surface area contributed by atoms with Crippen molar-refractivity contribution in [2.24, 2.45) is 0 Å². The first-order chi connectivity index (χ1) is 12.7. The first-order valence-electron chi connectivity index (χ1n) is 8.02. The summed E-state index contributed by atoms with van der Waals surface area (Å²) in [5.74, 6) is 1.59. The van der Waals surface area contributed by atoms with Crippen molar-refractivity contribution in [2.75, 3.05) is 19.5 Å². The summed E-state index contributed by atoms with van der Waals surface area (Å²) >= 11 is 1.50. The number of benzene rings is 2. The lowest BCUT2D eigenvalue weighted by molar-refractivity contribution is 0.384. The maximum absolute atomic E-state index is 8.11. The summed E-state index contributed by atoms with van der Waals surface area (Å²) in [5, 5.41) is 14.8. The standard InChI is InChI=1S/C19H20N4O2S/c1-24-15-9-6-10-16(25-2)14(15)11-21-18(20)23-19-22-12-17(26-19)13-7-4-3-5-8-13/h3-10,12H,11H2,1-2H3,(H3,20,21,22,23). The number of nitrogens with zero attached hydrogens (tertiary/aromatic N) is 1. The molecule has 134 valence electrons. The minimum Gasteiger partial charge on any atom is -0.496 e. The smallest absolute Gasteiger partial charge is 0.195 e. The minimum absolute atomic E-state index is 0.159. The van der Waals surface area contributed by atoms with E-state index in [1.54, 1.807) is 20.4 Å². The van der Waals surface area contributed by atoms with Crippen LogP contribution in [-0.2, 0) is 6.54 Å². The third kappa shape index (κ3) is 4.12. The number of ether oxygens (including phenoxy) is 2. The van der Waals surface area contributed by atoms with Crippen LogP contribution >= 0.6 is 11.3 Å². The summed E-state index contributed by atoms with van der Waals surface area (Å²) in [6.45, 7) is 0.399. The topological polar surface area (TPSA) is 79.3 Å². The van der Waals surface area contributed by atoms with Gasteiger partial charge >= 0.3 is 0 Å². The van der Waals surface area contributed by atoms with Crippen molar-refractivity contribution in [3.63, 3.8) is 0 Å². The Balaban J connectivity index is 1.63. The van der Waals surface area contributed by atoms with Gasteiger partial charge in [-0.2, -0.15) is 0 Å². The SMILES string of the molecule is COc1cccc(OC)c1CNC(=N)Nc1ncc(-c2ccccc2)s1. The molecule has 0 atom stereocenters. The summed E-state index contributed by atoms with van der Waals surface area (Å²) in [6, 6.07) is 15.6. The number of nitrogens with one attached hydrogen (secondary N) is 3. The van der Waals surface area contributed by atoms with Crippen molar-refractivity contribution in [2.45, 2.75) is 6.54 Å². The number of hydrogen-bond acceptors (Lipinski definition) is 5. The van der Waals surface area contributed by atoms with E-state index < -0.39 is 0 Å². The molecule has 0 radical (unpaired) electrons. The molecule has 0 unspecified atom stereocenters. The van der Waals surface area contributed by atoms with Crippen LogP contribution in [0.4, 0.5) is 5.13 Å². The number of anilines is 1. The Labute approximate surface area is 156 Å². The third-order valence-electron chi connectivity index (χ3n) is 3.77. The first kappa shape index (κ1) is 17.8. The quantitative estimate of drug-likeness (QED) is 0.453.